The minimum absolute atomic E-state index is 0.630. The van der Waals surface area contributed by atoms with Gasteiger partial charge in [0.05, 0.1) is 0 Å². The van der Waals surface area contributed by atoms with Gasteiger partial charge in [-0.2, -0.15) is 0 Å². The highest BCUT2D eigenvalue weighted by atomic mass is 35.5. The molecular weight excluding hydrogens is 218 g/mol. The second-order valence-corrected chi connectivity index (χ2v) is 5.12. The van der Waals surface area contributed by atoms with Crippen LogP contribution in [0.2, 0.25) is 5.02 Å². The smallest absolute Gasteiger partial charge is 0.0408 e. The van der Waals surface area contributed by atoms with E-state index in [1.165, 1.54) is 36.8 Å². The summed E-state index contributed by atoms with van der Waals surface area (Å²) in [6.07, 6.45) is 6.23. The second-order valence-electron chi connectivity index (χ2n) is 4.68. The number of halogens is 1. The molecule has 1 aliphatic carbocycles. The summed E-state index contributed by atoms with van der Waals surface area (Å²) in [7, 11) is 0. The molecule has 0 saturated heterocycles. The van der Waals surface area contributed by atoms with Crippen LogP contribution in [0.4, 0.5) is 0 Å². The molecule has 0 heterocycles. The molecule has 1 aromatic carbocycles. The van der Waals surface area contributed by atoms with Crippen molar-refractivity contribution in [2.75, 3.05) is 6.54 Å². The highest BCUT2D eigenvalue weighted by molar-refractivity contribution is 6.30. The van der Waals surface area contributed by atoms with Crippen molar-refractivity contribution in [2.24, 2.45) is 0 Å². The molecule has 1 aliphatic rings. The normalized spacial score (nSPS) is 18.8. The number of hydrogen-bond donors (Lipinski definition) is 1. The Labute approximate surface area is 103 Å². The fourth-order valence-electron chi connectivity index (χ4n) is 2.41. The molecule has 88 valence electrons. The lowest BCUT2D eigenvalue weighted by atomic mass is 10.1. The maximum Gasteiger partial charge on any atom is 0.0408 e. The molecule has 0 fully saturated rings. The van der Waals surface area contributed by atoms with Crippen molar-refractivity contribution in [1.29, 1.82) is 0 Å². The van der Waals surface area contributed by atoms with Crippen molar-refractivity contribution in [3.63, 3.8) is 0 Å². The van der Waals surface area contributed by atoms with Gasteiger partial charge in [0.25, 0.3) is 0 Å². The summed E-state index contributed by atoms with van der Waals surface area (Å²) in [4.78, 5) is 0. The van der Waals surface area contributed by atoms with Gasteiger partial charge in [0.15, 0.2) is 0 Å². The first-order chi connectivity index (χ1) is 7.79. The van der Waals surface area contributed by atoms with E-state index in [9.17, 15) is 0 Å². The maximum absolute atomic E-state index is 6.00. The molecule has 2 rings (SSSR count). The Morgan fingerprint density at radius 3 is 2.88 bits per heavy atom. The van der Waals surface area contributed by atoms with Gasteiger partial charge in [-0.15, -0.1) is 0 Å². The Morgan fingerprint density at radius 2 is 2.06 bits per heavy atom. The number of hydrogen-bond acceptors (Lipinski definition) is 1. The van der Waals surface area contributed by atoms with E-state index in [4.69, 9.17) is 11.6 Å². The molecular formula is C14H20ClN. The molecule has 0 bridgehead atoms. The van der Waals surface area contributed by atoms with Crippen molar-refractivity contribution in [3.8, 4) is 0 Å². The van der Waals surface area contributed by atoms with E-state index in [-0.39, 0.29) is 0 Å². The summed E-state index contributed by atoms with van der Waals surface area (Å²) >= 11 is 6.00. The lowest BCUT2D eigenvalue weighted by Crippen LogP contribution is -2.30. The average molecular weight is 238 g/mol. The lowest BCUT2D eigenvalue weighted by Gasteiger charge is -2.11. The fraction of sp³-hybridized carbons (Fsp3) is 0.571. The highest BCUT2D eigenvalue weighted by Crippen LogP contribution is 2.25. The number of rotatable bonds is 5. The van der Waals surface area contributed by atoms with Crippen molar-refractivity contribution < 1.29 is 0 Å². The highest BCUT2D eigenvalue weighted by Gasteiger charge is 2.20. The first-order valence-corrected chi connectivity index (χ1v) is 6.68. The van der Waals surface area contributed by atoms with Crippen molar-refractivity contribution in [1.82, 2.24) is 5.32 Å². The van der Waals surface area contributed by atoms with Crippen molar-refractivity contribution in [3.05, 3.63) is 34.3 Å². The maximum atomic E-state index is 6.00. The van der Waals surface area contributed by atoms with Gasteiger partial charge >= 0.3 is 0 Å². The first-order valence-electron chi connectivity index (χ1n) is 6.30. The summed E-state index contributed by atoms with van der Waals surface area (Å²) in [5, 5.41) is 4.51. The quantitative estimate of drug-likeness (QED) is 0.772. The third-order valence-corrected chi connectivity index (χ3v) is 3.55. The Bertz CT molecular complexity index is 349. The van der Waals surface area contributed by atoms with Gasteiger partial charge in [-0.3, -0.25) is 0 Å². The number of fused-ring (bicyclic) bond motifs is 1. The fourth-order valence-corrected chi connectivity index (χ4v) is 2.61. The van der Waals surface area contributed by atoms with Gasteiger partial charge in [0, 0.05) is 11.1 Å². The Morgan fingerprint density at radius 1 is 1.25 bits per heavy atom. The van der Waals surface area contributed by atoms with E-state index in [0.717, 1.165) is 18.0 Å². The van der Waals surface area contributed by atoms with Crippen LogP contribution in [0.25, 0.3) is 0 Å². The van der Waals surface area contributed by atoms with E-state index in [1.807, 2.05) is 6.07 Å². The van der Waals surface area contributed by atoms with E-state index in [1.54, 1.807) is 0 Å². The van der Waals surface area contributed by atoms with Gasteiger partial charge in [0.2, 0.25) is 0 Å². The molecule has 2 heteroatoms. The van der Waals surface area contributed by atoms with Crippen LogP contribution in [0, 0.1) is 0 Å². The molecule has 16 heavy (non-hydrogen) atoms. The van der Waals surface area contributed by atoms with E-state index in [0.29, 0.717) is 6.04 Å². The predicted molar refractivity (Wildman–Crippen MR) is 70.2 cm³/mol. The van der Waals surface area contributed by atoms with E-state index >= 15 is 0 Å². The van der Waals surface area contributed by atoms with E-state index < -0.39 is 0 Å². The summed E-state index contributed by atoms with van der Waals surface area (Å²) in [6.45, 7) is 3.40. The second kappa shape index (κ2) is 5.70. The molecule has 1 aromatic rings. The molecule has 1 N–H and O–H groups in total. The summed E-state index contributed by atoms with van der Waals surface area (Å²) < 4.78 is 0. The lowest BCUT2D eigenvalue weighted by molar-refractivity contribution is 0.513. The van der Waals surface area contributed by atoms with Gasteiger partial charge in [0.1, 0.15) is 0 Å². The standard InChI is InChI=1S/C14H20ClN/c1-2-3-4-7-16-14-9-11-5-6-13(15)8-12(11)10-14/h5-6,8,14,16H,2-4,7,9-10H2,1H3. The Kier molecular flexibility index (Phi) is 4.25. The van der Waals surface area contributed by atoms with Crippen LogP contribution in [-0.4, -0.2) is 12.6 Å². The number of benzene rings is 1. The molecule has 0 radical (unpaired) electrons. The molecule has 0 amide bonds. The first kappa shape index (κ1) is 11.9. The zero-order chi connectivity index (χ0) is 11.4. The largest absolute Gasteiger partial charge is 0.313 e. The summed E-state index contributed by atoms with van der Waals surface area (Å²) in [5.41, 5.74) is 2.90. The van der Waals surface area contributed by atoms with Crippen molar-refractivity contribution >= 4 is 11.6 Å². The van der Waals surface area contributed by atoms with Crippen LogP contribution in [-0.2, 0) is 12.8 Å². The van der Waals surface area contributed by atoms with Crippen LogP contribution in [0.1, 0.15) is 37.3 Å². The molecule has 1 atom stereocenters. The minimum atomic E-state index is 0.630. The summed E-state index contributed by atoms with van der Waals surface area (Å²) in [5.74, 6) is 0. The SMILES string of the molecule is CCCCCNC1Cc2ccc(Cl)cc2C1. The number of nitrogens with one attached hydrogen (secondary N) is 1. The van der Waals surface area contributed by atoms with Gasteiger partial charge in [-0.1, -0.05) is 37.4 Å². The zero-order valence-corrected chi connectivity index (χ0v) is 10.7. The summed E-state index contributed by atoms with van der Waals surface area (Å²) in [6, 6.07) is 6.92. The average Bonchev–Trinajstić information content (AvgIpc) is 2.66. The predicted octanol–water partition coefficient (Wildman–Crippen LogP) is 3.59. The Hall–Kier alpha value is -0.530. The zero-order valence-electron chi connectivity index (χ0n) is 9.93. The molecule has 0 aliphatic heterocycles. The third-order valence-electron chi connectivity index (χ3n) is 3.31. The van der Waals surface area contributed by atoms with Gasteiger partial charge < -0.3 is 5.32 Å². The van der Waals surface area contributed by atoms with Gasteiger partial charge in [-0.25, -0.2) is 0 Å². The monoisotopic (exact) mass is 237 g/mol. The van der Waals surface area contributed by atoms with Crippen LogP contribution < -0.4 is 5.32 Å². The van der Waals surface area contributed by atoms with Crippen LogP contribution in [0.15, 0.2) is 18.2 Å². The molecule has 0 aromatic heterocycles. The van der Waals surface area contributed by atoms with Crippen LogP contribution in [0.3, 0.4) is 0 Å². The Balaban J connectivity index is 1.81. The molecule has 1 unspecified atom stereocenters. The molecule has 0 spiro atoms. The van der Waals surface area contributed by atoms with Crippen molar-refractivity contribution in [2.45, 2.75) is 45.1 Å². The van der Waals surface area contributed by atoms with E-state index in [2.05, 4.69) is 24.4 Å². The van der Waals surface area contributed by atoms with Crippen LogP contribution >= 0.6 is 11.6 Å². The number of unbranched alkanes of at least 4 members (excludes halogenated alkanes) is 2. The molecule has 1 nitrogen and oxygen atoms in total. The minimum Gasteiger partial charge on any atom is -0.313 e. The topological polar surface area (TPSA) is 12.0 Å². The van der Waals surface area contributed by atoms with Crippen LogP contribution in [0.5, 0.6) is 0 Å². The van der Waals surface area contributed by atoms with Gasteiger partial charge in [-0.05, 0) is 49.1 Å². The third kappa shape index (κ3) is 2.99. The molecule has 0 saturated carbocycles.